The highest BCUT2D eigenvalue weighted by Gasteiger charge is 2.47. The summed E-state index contributed by atoms with van der Waals surface area (Å²) in [6.07, 6.45) is 2.95. The van der Waals surface area contributed by atoms with Crippen LogP contribution in [0, 0.1) is 11.3 Å². The summed E-state index contributed by atoms with van der Waals surface area (Å²) >= 11 is 0. The molecule has 27 heavy (non-hydrogen) atoms. The van der Waals surface area contributed by atoms with Gasteiger partial charge in [-0.05, 0) is 43.4 Å². The molecule has 2 aromatic carbocycles. The number of imidazole rings is 1. The van der Waals surface area contributed by atoms with Crippen LogP contribution in [-0.2, 0) is 11.1 Å². The summed E-state index contributed by atoms with van der Waals surface area (Å²) in [7, 11) is 0. The minimum Gasteiger partial charge on any atom is -0.370 e. The van der Waals surface area contributed by atoms with Crippen LogP contribution in [0.5, 0.6) is 0 Å². The first-order chi connectivity index (χ1) is 13.2. The topological polar surface area (TPSA) is 92.0 Å². The zero-order valence-electron chi connectivity index (χ0n) is 14.9. The van der Waals surface area contributed by atoms with Crippen molar-refractivity contribution in [2.75, 3.05) is 5.32 Å². The SMILES string of the molecule is N#CC1(c2ccccc2)CCC2(CC1)N=C(N)Nc1nc3ccccc3n12. The number of aromatic nitrogens is 2. The molecular weight excluding hydrogens is 336 g/mol. The predicted molar refractivity (Wildman–Crippen MR) is 105 cm³/mol. The highest BCUT2D eigenvalue weighted by atomic mass is 15.4. The quantitative estimate of drug-likeness (QED) is 0.698. The zero-order chi connectivity index (χ0) is 18.5. The first kappa shape index (κ1) is 15.9. The summed E-state index contributed by atoms with van der Waals surface area (Å²) < 4.78 is 2.17. The lowest BCUT2D eigenvalue weighted by atomic mass is 9.67. The largest absolute Gasteiger partial charge is 0.370 e. The number of nitriles is 1. The fourth-order valence-electron chi connectivity index (χ4n) is 4.58. The second kappa shape index (κ2) is 5.58. The van der Waals surface area contributed by atoms with E-state index < -0.39 is 11.1 Å². The molecule has 3 aromatic rings. The molecule has 1 fully saturated rings. The van der Waals surface area contributed by atoms with Gasteiger partial charge in [0.1, 0.15) is 5.66 Å². The molecule has 1 aromatic heterocycles. The number of para-hydroxylation sites is 2. The molecule has 134 valence electrons. The molecule has 1 aliphatic carbocycles. The van der Waals surface area contributed by atoms with Crippen LogP contribution < -0.4 is 11.1 Å². The van der Waals surface area contributed by atoms with E-state index in [1.807, 2.05) is 36.4 Å². The predicted octanol–water partition coefficient (Wildman–Crippen LogP) is 3.46. The van der Waals surface area contributed by atoms with Gasteiger partial charge in [-0.2, -0.15) is 5.26 Å². The van der Waals surface area contributed by atoms with Crippen molar-refractivity contribution >= 4 is 22.9 Å². The first-order valence-corrected chi connectivity index (χ1v) is 9.23. The third-order valence-corrected chi connectivity index (χ3v) is 5.99. The molecule has 0 radical (unpaired) electrons. The molecule has 3 N–H and O–H groups in total. The molecule has 6 heteroatoms. The normalized spacial score (nSPS) is 26.9. The van der Waals surface area contributed by atoms with E-state index in [0.29, 0.717) is 5.96 Å². The van der Waals surface area contributed by atoms with Crippen molar-refractivity contribution in [3.63, 3.8) is 0 Å². The van der Waals surface area contributed by atoms with E-state index in [9.17, 15) is 5.26 Å². The van der Waals surface area contributed by atoms with Gasteiger partial charge in [0.2, 0.25) is 5.95 Å². The lowest BCUT2D eigenvalue weighted by molar-refractivity contribution is 0.169. The lowest BCUT2D eigenvalue weighted by Crippen LogP contribution is -2.47. The summed E-state index contributed by atoms with van der Waals surface area (Å²) in [5.41, 5.74) is 8.19. The monoisotopic (exact) mass is 356 g/mol. The number of hydrogen-bond donors (Lipinski definition) is 2. The van der Waals surface area contributed by atoms with Crippen molar-refractivity contribution in [2.24, 2.45) is 10.7 Å². The average Bonchev–Trinajstić information content (AvgIpc) is 3.08. The molecule has 1 aliphatic heterocycles. The summed E-state index contributed by atoms with van der Waals surface area (Å²) in [5, 5.41) is 13.1. The summed E-state index contributed by atoms with van der Waals surface area (Å²) in [6, 6.07) is 20.8. The van der Waals surface area contributed by atoms with Crippen molar-refractivity contribution in [3.8, 4) is 6.07 Å². The van der Waals surface area contributed by atoms with E-state index >= 15 is 0 Å². The molecule has 0 unspecified atom stereocenters. The molecule has 2 heterocycles. The average molecular weight is 356 g/mol. The van der Waals surface area contributed by atoms with E-state index in [4.69, 9.17) is 15.7 Å². The number of benzene rings is 2. The van der Waals surface area contributed by atoms with Crippen molar-refractivity contribution in [3.05, 3.63) is 60.2 Å². The Kier molecular flexibility index (Phi) is 3.28. The lowest BCUT2D eigenvalue weighted by Gasteiger charge is -2.44. The summed E-state index contributed by atoms with van der Waals surface area (Å²) in [6.45, 7) is 0. The Morgan fingerprint density at radius 3 is 2.44 bits per heavy atom. The molecule has 0 bridgehead atoms. The number of aliphatic imine (C=N–C) groups is 1. The summed E-state index contributed by atoms with van der Waals surface area (Å²) in [4.78, 5) is 9.52. The minimum absolute atomic E-state index is 0.391. The van der Waals surface area contributed by atoms with E-state index in [-0.39, 0.29) is 0 Å². The maximum Gasteiger partial charge on any atom is 0.212 e. The number of fused-ring (bicyclic) bond motifs is 4. The highest BCUT2D eigenvalue weighted by molar-refractivity contribution is 5.94. The Morgan fingerprint density at radius 2 is 1.70 bits per heavy atom. The molecule has 0 saturated heterocycles. The zero-order valence-corrected chi connectivity index (χ0v) is 14.9. The van der Waals surface area contributed by atoms with Gasteiger partial charge < -0.3 is 5.73 Å². The fourth-order valence-corrected chi connectivity index (χ4v) is 4.58. The van der Waals surface area contributed by atoms with Crippen molar-refractivity contribution in [2.45, 2.75) is 36.8 Å². The van der Waals surface area contributed by atoms with Gasteiger partial charge in [-0.15, -0.1) is 0 Å². The molecule has 0 atom stereocenters. The summed E-state index contributed by atoms with van der Waals surface area (Å²) in [5.74, 6) is 1.12. The van der Waals surface area contributed by atoms with E-state index in [1.165, 1.54) is 0 Å². The number of nitrogens with one attached hydrogen (secondary N) is 1. The van der Waals surface area contributed by atoms with E-state index in [1.54, 1.807) is 0 Å². The van der Waals surface area contributed by atoms with Gasteiger partial charge in [-0.25, -0.2) is 9.98 Å². The molecule has 1 saturated carbocycles. The smallest absolute Gasteiger partial charge is 0.212 e. The Bertz CT molecular complexity index is 1080. The van der Waals surface area contributed by atoms with Crippen LogP contribution in [0.3, 0.4) is 0 Å². The molecule has 1 spiro atoms. The van der Waals surface area contributed by atoms with Gasteiger partial charge >= 0.3 is 0 Å². The van der Waals surface area contributed by atoms with Crippen molar-refractivity contribution < 1.29 is 0 Å². The molecule has 0 amide bonds. The second-order valence-electron chi connectivity index (χ2n) is 7.42. The van der Waals surface area contributed by atoms with Gasteiger partial charge in [0.25, 0.3) is 0 Å². The standard InChI is InChI=1S/C21H20N6/c22-14-20(15-6-2-1-3-7-15)10-12-21(13-11-20)26-18(23)25-19-24-16-8-4-5-9-17(16)27(19)21/h1-9H,10-13H2,(H3,23,24,25,26). The maximum atomic E-state index is 10.0. The molecular formula is C21H20N6. The van der Waals surface area contributed by atoms with Gasteiger partial charge in [-0.1, -0.05) is 42.5 Å². The Morgan fingerprint density at radius 1 is 1.00 bits per heavy atom. The number of anilines is 1. The van der Waals surface area contributed by atoms with Crippen LogP contribution in [-0.4, -0.2) is 15.5 Å². The number of hydrogen-bond acceptors (Lipinski definition) is 5. The Labute approximate surface area is 157 Å². The van der Waals surface area contributed by atoms with Crippen molar-refractivity contribution in [1.29, 1.82) is 5.26 Å². The number of rotatable bonds is 1. The van der Waals surface area contributed by atoms with Gasteiger partial charge in [0, 0.05) is 0 Å². The molecule has 5 rings (SSSR count). The third kappa shape index (κ3) is 2.25. The van der Waals surface area contributed by atoms with Crippen LogP contribution >= 0.6 is 0 Å². The van der Waals surface area contributed by atoms with Crippen LogP contribution in [0.4, 0.5) is 5.95 Å². The number of nitrogens with two attached hydrogens (primary N) is 1. The maximum absolute atomic E-state index is 10.0. The minimum atomic E-state index is -0.490. The van der Waals surface area contributed by atoms with Crippen LogP contribution in [0.25, 0.3) is 11.0 Å². The Hall–Kier alpha value is -3.33. The van der Waals surface area contributed by atoms with Gasteiger partial charge in [0.05, 0.1) is 22.5 Å². The Balaban J connectivity index is 1.59. The number of guanidine groups is 1. The van der Waals surface area contributed by atoms with Gasteiger partial charge in [0.15, 0.2) is 5.96 Å². The van der Waals surface area contributed by atoms with Crippen LogP contribution in [0.15, 0.2) is 59.6 Å². The molecule has 2 aliphatic rings. The van der Waals surface area contributed by atoms with Crippen LogP contribution in [0.1, 0.15) is 31.2 Å². The third-order valence-electron chi connectivity index (χ3n) is 5.99. The number of nitrogens with zero attached hydrogens (tertiary/aromatic N) is 4. The molecule has 6 nitrogen and oxygen atoms in total. The first-order valence-electron chi connectivity index (χ1n) is 9.23. The second-order valence-corrected chi connectivity index (χ2v) is 7.42. The highest BCUT2D eigenvalue weighted by Crippen LogP contribution is 2.49. The van der Waals surface area contributed by atoms with Crippen molar-refractivity contribution in [1.82, 2.24) is 9.55 Å². The van der Waals surface area contributed by atoms with E-state index in [0.717, 1.165) is 48.2 Å². The van der Waals surface area contributed by atoms with E-state index in [2.05, 4.69) is 34.2 Å². The van der Waals surface area contributed by atoms with Gasteiger partial charge in [-0.3, -0.25) is 9.88 Å². The van der Waals surface area contributed by atoms with Crippen LogP contribution in [0.2, 0.25) is 0 Å². The fraction of sp³-hybridized carbons (Fsp3) is 0.286.